The molecule has 6 nitrogen and oxygen atoms in total. The Bertz CT molecular complexity index is 859. The van der Waals surface area contributed by atoms with E-state index in [2.05, 4.69) is 27.7 Å². The van der Waals surface area contributed by atoms with Gasteiger partial charge >= 0.3 is 17.9 Å². The van der Waals surface area contributed by atoms with Gasteiger partial charge in [0.1, 0.15) is 13.2 Å². The van der Waals surface area contributed by atoms with Crippen LogP contribution in [0.15, 0.2) is 0 Å². The van der Waals surface area contributed by atoms with Gasteiger partial charge in [0.25, 0.3) is 0 Å². The topological polar surface area (TPSA) is 78.9 Å². The highest BCUT2D eigenvalue weighted by molar-refractivity contribution is 5.71. The Balaban J connectivity index is 4.28. The van der Waals surface area contributed by atoms with Crippen molar-refractivity contribution in [2.45, 2.75) is 291 Å². The van der Waals surface area contributed by atoms with Gasteiger partial charge in [0.2, 0.25) is 0 Å². The van der Waals surface area contributed by atoms with Gasteiger partial charge in [-0.05, 0) is 25.2 Å². The van der Waals surface area contributed by atoms with Crippen LogP contribution in [0.3, 0.4) is 0 Å². The van der Waals surface area contributed by atoms with E-state index in [1.54, 1.807) is 0 Å². The summed E-state index contributed by atoms with van der Waals surface area (Å²) in [5.41, 5.74) is 0. The van der Waals surface area contributed by atoms with Crippen molar-refractivity contribution in [1.29, 1.82) is 0 Å². The predicted molar refractivity (Wildman–Crippen MR) is 243 cm³/mol. The van der Waals surface area contributed by atoms with E-state index in [0.29, 0.717) is 19.3 Å². The quantitative estimate of drug-likeness (QED) is 0.0346. The van der Waals surface area contributed by atoms with Crippen LogP contribution in [0.5, 0.6) is 0 Å². The molecule has 0 saturated carbocycles. The van der Waals surface area contributed by atoms with Crippen molar-refractivity contribution < 1.29 is 28.6 Å². The molecule has 0 bridgehead atoms. The summed E-state index contributed by atoms with van der Waals surface area (Å²) in [6, 6.07) is 0. The molecule has 0 aliphatic carbocycles. The van der Waals surface area contributed by atoms with Gasteiger partial charge in [0.15, 0.2) is 6.10 Å². The summed E-state index contributed by atoms with van der Waals surface area (Å²) >= 11 is 0. The van der Waals surface area contributed by atoms with Gasteiger partial charge in [-0.15, -0.1) is 0 Å². The normalized spacial score (nSPS) is 12.4. The standard InChI is InChI=1S/C51H98O6/c1-5-8-10-12-14-16-17-18-19-20-21-22-28-32-36-40-44-51(54)57-48(45-55-49(52)42-38-34-30-25-15-13-11-9-6-2)46-56-50(53)43-39-35-31-27-24-23-26-29-33-37-41-47(4)7-3/h47-48H,5-46H2,1-4H3/t47?,48-/m0/s1. The predicted octanol–water partition coefficient (Wildman–Crippen LogP) is 16.3. The van der Waals surface area contributed by atoms with Crippen LogP contribution in [-0.2, 0) is 28.6 Å². The van der Waals surface area contributed by atoms with E-state index in [1.165, 1.54) is 180 Å². The van der Waals surface area contributed by atoms with Crippen LogP contribution in [0.25, 0.3) is 0 Å². The van der Waals surface area contributed by atoms with E-state index in [4.69, 9.17) is 14.2 Å². The third-order valence-corrected chi connectivity index (χ3v) is 11.9. The summed E-state index contributed by atoms with van der Waals surface area (Å²) in [5.74, 6) is 0.0211. The molecule has 57 heavy (non-hydrogen) atoms. The molecular weight excluding hydrogens is 709 g/mol. The fraction of sp³-hybridized carbons (Fsp3) is 0.941. The summed E-state index contributed by atoms with van der Waals surface area (Å²) < 4.78 is 16.8. The summed E-state index contributed by atoms with van der Waals surface area (Å²) in [5, 5.41) is 0. The molecule has 0 aliphatic rings. The second kappa shape index (κ2) is 45.5. The third kappa shape index (κ3) is 43.8. The summed E-state index contributed by atoms with van der Waals surface area (Å²) in [6.45, 7) is 9.03. The highest BCUT2D eigenvalue weighted by Crippen LogP contribution is 2.17. The molecule has 0 fully saturated rings. The Morgan fingerprint density at radius 3 is 0.912 bits per heavy atom. The van der Waals surface area contributed by atoms with Crippen molar-refractivity contribution in [2.75, 3.05) is 13.2 Å². The SMILES string of the molecule is CCCCCCCCCCCCCCCCCCC(=O)O[C@@H](COC(=O)CCCCCCCCCCC)COC(=O)CCCCCCCCCCCCC(C)CC. The molecule has 0 aromatic carbocycles. The van der Waals surface area contributed by atoms with Gasteiger partial charge in [0, 0.05) is 19.3 Å². The van der Waals surface area contributed by atoms with Crippen LogP contribution < -0.4 is 0 Å². The first-order chi connectivity index (χ1) is 27.9. The van der Waals surface area contributed by atoms with Gasteiger partial charge in [-0.25, -0.2) is 0 Å². The Labute approximate surface area is 355 Å². The zero-order valence-electron chi connectivity index (χ0n) is 38.8. The number of esters is 3. The molecule has 2 atom stereocenters. The number of hydrogen-bond acceptors (Lipinski definition) is 6. The lowest BCUT2D eigenvalue weighted by Crippen LogP contribution is -2.30. The lowest BCUT2D eigenvalue weighted by Gasteiger charge is -2.18. The molecule has 1 unspecified atom stereocenters. The molecule has 0 aromatic rings. The minimum absolute atomic E-state index is 0.0633. The fourth-order valence-electron chi connectivity index (χ4n) is 7.66. The van der Waals surface area contributed by atoms with Crippen molar-refractivity contribution in [3.05, 3.63) is 0 Å². The number of unbranched alkanes of at least 4 members (excludes halogenated alkanes) is 32. The second-order valence-electron chi connectivity index (χ2n) is 17.7. The monoisotopic (exact) mass is 807 g/mol. The lowest BCUT2D eigenvalue weighted by molar-refractivity contribution is -0.167. The molecule has 0 spiro atoms. The molecule has 0 N–H and O–H groups in total. The number of hydrogen-bond donors (Lipinski definition) is 0. The first-order valence-electron chi connectivity index (χ1n) is 25.4. The van der Waals surface area contributed by atoms with E-state index >= 15 is 0 Å². The molecule has 6 heteroatoms. The highest BCUT2D eigenvalue weighted by Gasteiger charge is 2.19. The average Bonchev–Trinajstić information content (AvgIpc) is 3.21. The molecule has 0 heterocycles. The third-order valence-electron chi connectivity index (χ3n) is 11.9. The van der Waals surface area contributed by atoms with Crippen LogP contribution >= 0.6 is 0 Å². The van der Waals surface area contributed by atoms with Crippen molar-refractivity contribution in [1.82, 2.24) is 0 Å². The van der Waals surface area contributed by atoms with E-state index in [9.17, 15) is 14.4 Å². The molecular formula is C51H98O6. The van der Waals surface area contributed by atoms with Crippen LogP contribution in [0, 0.1) is 5.92 Å². The van der Waals surface area contributed by atoms with Crippen LogP contribution in [-0.4, -0.2) is 37.2 Å². The molecule has 0 aliphatic heterocycles. The molecule has 338 valence electrons. The maximum absolute atomic E-state index is 12.8. The molecule has 0 rings (SSSR count). The fourth-order valence-corrected chi connectivity index (χ4v) is 7.66. The largest absolute Gasteiger partial charge is 0.462 e. The van der Waals surface area contributed by atoms with E-state index in [0.717, 1.165) is 63.7 Å². The van der Waals surface area contributed by atoms with Crippen LogP contribution in [0.4, 0.5) is 0 Å². The highest BCUT2D eigenvalue weighted by atomic mass is 16.6. The minimum atomic E-state index is -0.760. The van der Waals surface area contributed by atoms with Gasteiger partial charge in [-0.1, -0.05) is 246 Å². The van der Waals surface area contributed by atoms with Crippen molar-refractivity contribution in [3.8, 4) is 0 Å². The van der Waals surface area contributed by atoms with E-state index in [1.807, 2.05) is 0 Å². The molecule has 0 radical (unpaired) electrons. The number of ether oxygens (including phenoxy) is 3. The number of carbonyl (C=O) groups is 3. The Kier molecular flexibility index (Phi) is 44.2. The van der Waals surface area contributed by atoms with E-state index in [-0.39, 0.29) is 31.1 Å². The van der Waals surface area contributed by atoms with Gasteiger partial charge in [-0.2, -0.15) is 0 Å². The van der Waals surface area contributed by atoms with Crippen molar-refractivity contribution in [2.24, 2.45) is 5.92 Å². The zero-order chi connectivity index (χ0) is 41.7. The van der Waals surface area contributed by atoms with Crippen LogP contribution in [0.1, 0.15) is 285 Å². The maximum atomic E-state index is 12.8. The van der Waals surface area contributed by atoms with Gasteiger partial charge in [-0.3, -0.25) is 14.4 Å². The second-order valence-corrected chi connectivity index (χ2v) is 17.7. The first kappa shape index (κ1) is 55.4. The Morgan fingerprint density at radius 2 is 0.614 bits per heavy atom. The first-order valence-corrected chi connectivity index (χ1v) is 25.4. The number of rotatable bonds is 46. The van der Waals surface area contributed by atoms with Crippen molar-refractivity contribution >= 4 is 17.9 Å². The molecule has 0 amide bonds. The summed E-state index contributed by atoms with van der Waals surface area (Å²) in [4.78, 5) is 37.8. The molecule has 0 aromatic heterocycles. The van der Waals surface area contributed by atoms with Crippen molar-refractivity contribution in [3.63, 3.8) is 0 Å². The Morgan fingerprint density at radius 1 is 0.351 bits per heavy atom. The molecule has 0 saturated heterocycles. The average molecular weight is 807 g/mol. The Hall–Kier alpha value is -1.59. The van der Waals surface area contributed by atoms with Gasteiger partial charge in [0.05, 0.1) is 0 Å². The van der Waals surface area contributed by atoms with Crippen LogP contribution in [0.2, 0.25) is 0 Å². The zero-order valence-corrected chi connectivity index (χ0v) is 38.8. The lowest BCUT2D eigenvalue weighted by atomic mass is 9.99. The minimum Gasteiger partial charge on any atom is -0.462 e. The van der Waals surface area contributed by atoms with Gasteiger partial charge < -0.3 is 14.2 Å². The summed E-state index contributed by atoms with van der Waals surface area (Å²) in [7, 11) is 0. The summed E-state index contributed by atoms with van der Waals surface area (Å²) in [6.07, 6.45) is 46.5. The maximum Gasteiger partial charge on any atom is 0.306 e. The van der Waals surface area contributed by atoms with E-state index < -0.39 is 6.10 Å². The smallest absolute Gasteiger partial charge is 0.306 e. The number of carbonyl (C=O) groups excluding carboxylic acids is 3.